The minimum Gasteiger partial charge on any atom is -0.508 e. The van der Waals surface area contributed by atoms with E-state index in [2.05, 4.69) is 0 Å². The van der Waals surface area contributed by atoms with Crippen LogP contribution in [0.2, 0.25) is 0 Å². The molecule has 0 fully saturated rings. The maximum atomic E-state index is 13.4. The number of rotatable bonds is 3. The first-order valence-corrected chi connectivity index (χ1v) is 10.7. The Morgan fingerprint density at radius 1 is 1.12 bits per heavy atom. The van der Waals surface area contributed by atoms with Gasteiger partial charge in [-0.25, -0.2) is 4.79 Å². The summed E-state index contributed by atoms with van der Waals surface area (Å²) in [6.45, 7) is 2.29. The van der Waals surface area contributed by atoms with E-state index in [1.165, 1.54) is 17.7 Å². The van der Waals surface area contributed by atoms with Crippen LogP contribution in [0.25, 0.3) is 22.2 Å². The first-order valence-electron chi connectivity index (χ1n) is 10.7. The SMILES string of the molecule is Cc1ccc(-c2c3c(=O)n(C)c(=O)n(C)c3c3n2CCO[C@@H]3c2ccccc2O)cc1[N+](=O)[O-]. The van der Waals surface area contributed by atoms with Crippen molar-refractivity contribution in [2.24, 2.45) is 14.1 Å². The van der Waals surface area contributed by atoms with E-state index in [-0.39, 0.29) is 23.4 Å². The Hall–Kier alpha value is -4.18. The monoisotopic (exact) mass is 462 g/mol. The van der Waals surface area contributed by atoms with Gasteiger partial charge < -0.3 is 14.4 Å². The number of phenols is 1. The molecule has 34 heavy (non-hydrogen) atoms. The smallest absolute Gasteiger partial charge is 0.331 e. The van der Waals surface area contributed by atoms with Gasteiger partial charge in [0.1, 0.15) is 11.9 Å². The molecule has 1 aliphatic heterocycles. The van der Waals surface area contributed by atoms with Crippen LogP contribution in [-0.2, 0) is 25.4 Å². The van der Waals surface area contributed by atoms with E-state index in [0.717, 1.165) is 4.57 Å². The minimum atomic E-state index is -0.746. The average Bonchev–Trinajstić information content (AvgIpc) is 3.17. The van der Waals surface area contributed by atoms with Gasteiger partial charge in [0.15, 0.2) is 0 Å². The van der Waals surface area contributed by atoms with Crippen molar-refractivity contribution >= 4 is 16.6 Å². The molecule has 0 radical (unpaired) electrons. The van der Waals surface area contributed by atoms with Gasteiger partial charge in [-0.2, -0.15) is 0 Å². The highest BCUT2D eigenvalue weighted by Crippen LogP contribution is 2.43. The summed E-state index contributed by atoms with van der Waals surface area (Å²) in [6.07, 6.45) is -0.746. The molecule has 1 aliphatic rings. The van der Waals surface area contributed by atoms with Crippen LogP contribution in [0.5, 0.6) is 5.75 Å². The molecule has 1 N–H and O–H groups in total. The van der Waals surface area contributed by atoms with Crippen LogP contribution in [0, 0.1) is 17.0 Å². The lowest BCUT2D eigenvalue weighted by Crippen LogP contribution is -2.37. The first kappa shape index (κ1) is 21.7. The summed E-state index contributed by atoms with van der Waals surface area (Å²) in [6, 6.07) is 11.6. The van der Waals surface area contributed by atoms with Crippen molar-refractivity contribution in [3.63, 3.8) is 0 Å². The molecule has 2 aromatic heterocycles. The molecule has 1 atom stereocenters. The second kappa shape index (κ2) is 7.70. The fraction of sp³-hybridized carbons (Fsp3) is 0.250. The molecule has 0 saturated heterocycles. The molecular weight excluding hydrogens is 440 g/mol. The molecule has 2 aromatic carbocycles. The third kappa shape index (κ3) is 2.99. The zero-order valence-electron chi connectivity index (χ0n) is 18.8. The Morgan fingerprint density at radius 3 is 2.56 bits per heavy atom. The number of aromatic hydroxyl groups is 1. The number of hydrogen-bond donors (Lipinski definition) is 1. The number of nitro benzene ring substituents is 1. The predicted octanol–water partition coefficient (Wildman–Crippen LogP) is 2.75. The summed E-state index contributed by atoms with van der Waals surface area (Å²) < 4.78 is 10.3. The van der Waals surface area contributed by atoms with Crippen molar-refractivity contribution < 1.29 is 14.8 Å². The van der Waals surface area contributed by atoms with Gasteiger partial charge in [-0.15, -0.1) is 0 Å². The number of fused-ring (bicyclic) bond motifs is 3. The third-order valence-electron chi connectivity index (χ3n) is 6.45. The van der Waals surface area contributed by atoms with Crippen LogP contribution < -0.4 is 11.2 Å². The summed E-state index contributed by atoms with van der Waals surface area (Å²) in [4.78, 5) is 37.5. The fourth-order valence-electron chi connectivity index (χ4n) is 4.78. The van der Waals surface area contributed by atoms with Gasteiger partial charge >= 0.3 is 5.69 Å². The molecule has 10 nitrogen and oxygen atoms in total. The van der Waals surface area contributed by atoms with Gasteiger partial charge in [-0.05, 0) is 13.0 Å². The van der Waals surface area contributed by atoms with Crippen molar-refractivity contribution in [2.75, 3.05) is 6.61 Å². The number of para-hydroxylation sites is 1. The summed E-state index contributed by atoms with van der Waals surface area (Å²) >= 11 is 0. The minimum absolute atomic E-state index is 0.0247. The zero-order valence-corrected chi connectivity index (χ0v) is 18.8. The number of phenolic OH excluding ortho intramolecular Hbond substituents is 1. The van der Waals surface area contributed by atoms with Crippen molar-refractivity contribution in [2.45, 2.75) is 19.6 Å². The van der Waals surface area contributed by atoms with Crippen molar-refractivity contribution in [1.82, 2.24) is 13.7 Å². The summed E-state index contributed by atoms with van der Waals surface area (Å²) in [7, 11) is 2.97. The highest BCUT2D eigenvalue weighted by atomic mass is 16.6. The van der Waals surface area contributed by atoms with Crippen LogP contribution in [0.15, 0.2) is 52.1 Å². The quantitative estimate of drug-likeness (QED) is 0.369. The van der Waals surface area contributed by atoms with Gasteiger partial charge in [0.05, 0.1) is 33.8 Å². The van der Waals surface area contributed by atoms with E-state index >= 15 is 0 Å². The molecule has 0 aliphatic carbocycles. The highest BCUT2D eigenvalue weighted by Gasteiger charge is 2.34. The van der Waals surface area contributed by atoms with Gasteiger partial charge in [-0.1, -0.05) is 30.3 Å². The number of nitrogens with zero attached hydrogens (tertiary/aromatic N) is 4. The van der Waals surface area contributed by atoms with Crippen LogP contribution in [-0.4, -0.2) is 30.3 Å². The molecule has 0 bridgehead atoms. The second-order valence-electron chi connectivity index (χ2n) is 8.38. The number of aromatic nitrogens is 3. The number of aryl methyl sites for hydroxylation is 2. The van der Waals surface area contributed by atoms with Crippen molar-refractivity contribution in [3.05, 3.63) is 90.2 Å². The van der Waals surface area contributed by atoms with Crippen molar-refractivity contribution in [1.29, 1.82) is 0 Å². The molecule has 0 saturated carbocycles. The van der Waals surface area contributed by atoms with E-state index < -0.39 is 22.3 Å². The molecule has 10 heteroatoms. The molecular formula is C24H22N4O6. The molecule has 3 heterocycles. The Bertz CT molecular complexity index is 1610. The van der Waals surface area contributed by atoms with Crippen LogP contribution in [0.4, 0.5) is 5.69 Å². The number of hydrogen-bond acceptors (Lipinski definition) is 6. The van der Waals surface area contributed by atoms with Gasteiger partial charge in [0, 0.05) is 43.4 Å². The summed E-state index contributed by atoms with van der Waals surface area (Å²) in [5.74, 6) is 0.0247. The maximum absolute atomic E-state index is 13.4. The molecule has 0 amide bonds. The predicted molar refractivity (Wildman–Crippen MR) is 125 cm³/mol. The standard InChI is InChI=1S/C24H22N4O6/c1-13-8-9-14(12-16(13)28(32)33)19-18-20(25(2)24(31)26(3)23(18)30)21-22(34-11-10-27(19)21)15-6-4-5-7-17(15)29/h4-9,12,22,29H,10-11H2,1-3H3/t22-/m1/s1. The summed E-state index contributed by atoms with van der Waals surface area (Å²) in [5, 5.41) is 22.4. The lowest BCUT2D eigenvalue weighted by molar-refractivity contribution is -0.385. The van der Waals surface area contributed by atoms with Crippen LogP contribution >= 0.6 is 0 Å². The van der Waals surface area contributed by atoms with E-state index in [1.807, 2.05) is 4.57 Å². The van der Waals surface area contributed by atoms with Crippen molar-refractivity contribution in [3.8, 4) is 17.0 Å². The Balaban J connectivity index is 1.96. The number of nitro groups is 1. The second-order valence-corrected chi connectivity index (χ2v) is 8.38. The molecule has 5 rings (SSSR count). The lowest BCUT2D eigenvalue weighted by Gasteiger charge is -2.28. The normalized spacial score (nSPS) is 15.4. The summed E-state index contributed by atoms with van der Waals surface area (Å²) in [5.41, 5.74) is 1.81. The largest absolute Gasteiger partial charge is 0.508 e. The lowest BCUT2D eigenvalue weighted by atomic mass is 10.0. The Kier molecular flexibility index (Phi) is 4.90. The van der Waals surface area contributed by atoms with Crippen LogP contribution in [0.3, 0.4) is 0 Å². The third-order valence-corrected chi connectivity index (χ3v) is 6.45. The molecule has 0 spiro atoms. The molecule has 4 aromatic rings. The van der Waals surface area contributed by atoms with Gasteiger partial charge in [0.25, 0.3) is 11.2 Å². The molecule has 0 unspecified atom stereocenters. The van der Waals surface area contributed by atoms with E-state index in [9.17, 15) is 24.8 Å². The Morgan fingerprint density at radius 2 is 1.85 bits per heavy atom. The number of benzene rings is 2. The van der Waals surface area contributed by atoms with Gasteiger partial charge in [-0.3, -0.25) is 24.0 Å². The van der Waals surface area contributed by atoms with E-state index in [1.54, 1.807) is 50.4 Å². The first-order chi connectivity index (χ1) is 16.2. The maximum Gasteiger partial charge on any atom is 0.331 e. The van der Waals surface area contributed by atoms with E-state index in [0.29, 0.717) is 40.1 Å². The Labute approximate surface area is 193 Å². The van der Waals surface area contributed by atoms with E-state index in [4.69, 9.17) is 4.74 Å². The zero-order chi connectivity index (χ0) is 24.3. The fourth-order valence-corrected chi connectivity index (χ4v) is 4.78. The number of ether oxygens (including phenoxy) is 1. The molecule has 174 valence electrons. The topological polar surface area (TPSA) is 122 Å². The van der Waals surface area contributed by atoms with Crippen LogP contribution in [0.1, 0.15) is 22.9 Å². The average molecular weight is 462 g/mol. The van der Waals surface area contributed by atoms with Gasteiger partial charge in [0.2, 0.25) is 0 Å². The highest BCUT2D eigenvalue weighted by molar-refractivity contribution is 5.97.